The van der Waals surface area contributed by atoms with E-state index in [0.29, 0.717) is 0 Å². The van der Waals surface area contributed by atoms with Crippen molar-refractivity contribution >= 4 is 75.3 Å². The Morgan fingerprint density at radius 1 is 0.451 bits per heavy atom. The minimum atomic E-state index is -0.125. The molecule has 244 valence electrons. The Morgan fingerprint density at radius 2 is 1.12 bits per heavy atom. The van der Waals surface area contributed by atoms with Crippen LogP contribution in [0.25, 0.3) is 69.6 Å². The second-order valence-electron chi connectivity index (χ2n) is 13.4. The Hall–Kier alpha value is -5.76. The Bertz CT molecular complexity index is 2940. The van der Waals surface area contributed by atoms with Crippen LogP contribution in [0.2, 0.25) is 0 Å². The molecule has 1 aliphatic rings. The van der Waals surface area contributed by atoms with E-state index in [2.05, 4.69) is 166 Å². The highest BCUT2D eigenvalue weighted by atomic mass is 32.1. The minimum Gasteiger partial charge on any atom is -0.456 e. The lowest BCUT2D eigenvalue weighted by Gasteiger charge is -2.39. The molecule has 0 spiro atoms. The molecule has 3 aromatic heterocycles. The van der Waals surface area contributed by atoms with Crippen molar-refractivity contribution in [2.24, 2.45) is 0 Å². The summed E-state index contributed by atoms with van der Waals surface area (Å²) in [4.78, 5) is 0. The molecular formula is C45H32N4OS. The molecule has 6 heteroatoms. The van der Waals surface area contributed by atoms with Gasteiger partial charge in [0.25, 0.3) is 0 Å². The van der Waals surface area contributed by atoms with Crippen LogP contribution < -0.4 is 16.0 Å². The van der Waals surface area contributed by atoms with Gasteiger partial charge in [0.15, 0.2) is 0 Å². The topological polar surface area (TPSA) is 54.2 Å². The number of nitrogens with zero attached hydrogens (tertiary/aromatic N) is 1. The van der Waals surface area contributed by atoms with Crippen LogP contribution in [0.3, 0.4) is 0 Å². The van der Waals surface area contributed by atoms with E-state index in [1.807, 2.05) is 23.5 Å². The highest BCUT2D eigenvalue weighted by Gasteiger charge is 2.31. The smallest absolute Gasteiger partial charge is 0.137 e. The van der Waals surface area contributed by atoms with Crippen LogP contribution in [-0.4, -0.2) is 4.57 Å². The monoisotopic (exact) mass is 676 g/mol. The average Bonchev–Trinajstić information content (AvgIpc) is 3.87. The van der Waals surface area contributed by atoms with Gasteiger partial charge in [-0.3, -0.25) is 16.0 Å². The lowest BCUT2D eigenvalue weighted by molar-refractivity contribution is 0.204. The number of hydrogen-bond donors (Lipinski definition) is 3. The zero-order chi connectivity index (χ0) is 33.5. The first-order valence-electron chi connectivity index (χ1n) is 17.4. The Balaban J connectivity index is 1.07. The minimum absolute atomic E-state index is 0.0656. The fourth-order valence-corrected chi connectivity index (χ4v) is 9.40. The first-order valence-corrected chi connectivity index (χ1v) is 18.3. The van der Waals surface area contributed by atoms with Gasteiger partial charge in [-0.05, 0) is 47.5 Å². The molecule has 11 rings (SSSR count). The summed E-state index contributed by atoms with van der Waals surface area (Å²) in [5.41, 5.74) is 8.84. The van der Waals surface area contributed by atoms with Gasteiger partial charge in [-0.2, -0.15) is 0 Å². The fraction of sp³-hybridized carbons (Fsp3) is 0.0667. The van der Waals surface area contributed by atoms with Crippen molar-refractivity contribution in [3.63, 3.8) is 0 Å². The normalized spacial score (nSPS) is 18.2. The van der Waals surface area contributed by atoms with E-state index in [4.69, 9.17) is 4.42 Å². The number of rotatable bonds is 4. The Morgan fingerprint density at radius 3 is 2.02 bits per heavy atom. The number of thiophene rings is 1. The second-order valence-corrected chi connectivity index (χ2v) is 14.5. The van der Waals surface area contributed by atoms with Crippen LogP contribution in [0.5, 0.6) is 0 Å². The Kier molecular flexibility index (Phi) is 6.48. The summed E-state index contributed by atoms with van der Waals surface area (Å²) >= 11 is 1.87. The summed E-state index contributed by atoms with van der Waals surface area (Å²) in [5, 5.41) is 19.1. The van der Waals surface area contributed by atoms with Gasteiger partial charge in [0.2, 0.25) is 0 Å². The molecule has 0 saturated carbocycles. The van der Waals surface area contributed by atoms with Gasteiger partial charge in [-0.1, -0.05) is 115 Å². The summed E-state index contributed by atoms with van der Waals surface area (Å²) in [6.45, 7) is 0. The highest BCUT2D eigenvalue weighted by Crippen LogP contribution is 2.40. The molecule has 3 N–H and O–H groups in total. The van der Waals surface area contributed by atoms with Crippen molar-refractivity contribution in [3.05, 3.63) is 174 Å². The van der Waals surface area contributed by atoms with E-state index in [0.717, 1.165) is 33.1 Å². The van der Waals surface area contributed by atoms with Gasteiger partial charge in [-0.25, -0.2) is 0 Å². The summed E-state index contributed by atoms with van der Waals surface area (Å²) in [6, 6.07) is 56.6. The first kappa shape index (κ1) is 29.0. The molecule has 51 heavy (non-hydrogen) atoms. The summed E-state index contributed by atoms with van der Waals surface area (Å²) in [6.07, 6.45) is -0.279. The number of para-hydroxylation sites is 2. The lowest BCUT2D eigenvalue weighted by Crippen LogP contribution is -2.54. The third-order valence-corrected chi connectivity index (χ3v) is 11.8. The van der Waals surface area contributed by atoms with E-state index in [-0.39, 0.29) is 18.5 Å². The zero-order valence-corrected chi connectivity index (χ0v) is 28.3. The molecule has 0 bridgehead atoms. The van der Waals surface area contributed by atoms with Crippen LogP contribution in [0.1, 0.15) is 35.2 Å². The molecule has 1 fully saturated rings. The maximum Gasteiger partial charge on any atom is 0.137 e. The van der Waals surface area contributed by atoms with Crippen molar-refractivity contribution < 1.29 is 4.42 Å². The Labute approximate surface area is 297 Å². The number of aromatic nitrogens is 1. The van der Waals surface area contributed by atoms with Crippen molar-refractivity contribution in [3.8, 4) is 5.69 Å². The SMILES string of the molecule is c1ccc(C2NC(c3ccc4c5ccccc5n(-c5ccc6c(c5)oc5ccccc56)c4c3)NC(c3cccc4c3sc3ccccc34)N2)cc1. The molecule has 0 amide bonds. The molecule has 5 nitrogen and oxygen atoms in total. The number of nitrogens with one attached hydrogen (secondary N) is 3. The summed E-state index contributed by atoms with van der Waals surface area (Å²) in [7, 11) is 0. The van der Waals surface area contributed by atoms with E-state index >= 15 is 0 Å². The maximum absolute atomic E-state index is 6.35. The molecule has 10 aromatic rings. The molecule has 0 aliphatic carbocycles. The fourth-order valence-electron chi connectivity index (χ4n) is 8.15. The second kappa shape index (κ2) is 11.4. The van der Waals surface area contributed by atoms with Gasteiger partial charge < -0.3 is 8.98 Å². The predicted molar refractivity (Wildman–Crippen MR) is 211 cm³/mol. The molecule has 1 saturated heterocycles. The van der Waals surface area contributed by atoms with Crippen LogP contribution in [0.15, 0.2) is 162 Å². The molecule has 1 aliphatic heterocycles. The standard InChI is InChI=1S/C45H32N4OS/c1-2-11-27(12-3-1)43-46-44(48-45(47-43)36-17-10-16-35-34-15-6-9-20-41(34)51-42(35)36)28-21-23-31-30-13-4-7-18-37(30)49(38(31)25-28)29-22-24-33-32-14-5-8-19-39(32)50-40(33)26-29/h1-26,43-48H. The largest absolute Gasteiger partial charge is 0.456 e. The van der Waals surface area contributed by atoms with Crippen molar-refractivity contribution in [2.45, 2.75) is 18.5 Å². The average molecular weight is 677 g/mol. The third-order valence-electron chi connectivity index (χ3n) is 10.5. The van der Waals surface area contributed by atoms with Gasteiger partial charge in [0.1, 0.15) is 11.2 Å². The summed E-state index contributed by atoms with van der Waals surface area (Å²) in [5.74, 6) is 0. The quantitative estimate of drug-likeness (QED) is 0.174. The van der Waals surface area contributed by atoms with E-state index in [1.54, 1.807) is 0 Å². The maximum atomic E-state index is 6.35. The van der Waals surface area contributed by atoms with Gasteiger partial charge >= 0.3 is 0 Å². The highest BCUT2D eigenvalue weighted by molar-refractivity contribution is 7.26. The molecule has 0 radical (unpaired) electrons. The molecule has 4 heterocycles. The molecule has 3 atom stereocenters. The van der Waals surface area contributed by atoms with Crippen LogP contribution in [0, 0.1) is 0 Å². The predicted octanol–water partition coefficient (Wildman–Crippen LogP) is 11.2. The van der Waals surface area contributed by atoms with Crippen molar-refractivity contribution in [2.75, 3.05) is 0 Å². The molecule has 7 aromatic carbocycles. The number of benzene rings is 7. The van der Waals surface area contributed by atoms with Crippen LogP contribution in [-0.2, 0) is 0 Å². The summed E-state index contributed by atoms with van der Waals surface area (Å²) < 4.78 is 11.4. The van der Waals surface area contributed by atoms with Gasteiger partial charge in [-0.15, -0.1) is 11.3 Å². The molecular weight excluding hydrogens is 645 g/mol. The first-order chi connectivity index (χ1) is 25.3. The zero-order valence-electron chi connectivity index (χ0n) is 27.5. The van der Waals surface area contributed by atoms with Crippen LogP contribution >= 0.6 is 11.3 Å². The van der Waals surface area contributed by atoms with E-state index < -0.39 is 0 Å². The van der Waals surface area contributed by atoms with E-state index in [9.17, 15) is 0 Å². The van der Waals surface area contributed by atoms with Gasteiger partial charge in [0.05, 0.1) is 29.5 Å². The number of hydrogen-bond acceptors (Lipinski definition) is 5. The number of furan rings is 1. The van der Waals surface area contributed by atoms with Crippen LogP contribution in [0.4, 0.5) is 0 Å². The van der Waals surface area contributed by atoms with Gasteiger partial charge in [0, 0.05) is 59.0 Å². The van der Waals surface area contributed by atoms with E-state index in [1.165, 1.54) is 53.2 Å². The number of fused-ring (bicyclic) bond motifs is 9. The van der Waals surface area contributed by atoms with Crippen molar-refractivity contribution in [1.82, 2.24) is 20.5 Å². The molecule has 3 unspecified atom stereocenters. The lowest BCUT2D eigenvalue weighted by atomic mass is 10.0. The van der Waals surface area contributed by atoms with Crippen molar-refractivity contribution in [1.29, 1.82) is 0 Å². The third kappa shape index (κ3) is 4.58.